The molecule has 0 spiro atoms. The number of sulfone groups is 1. The van der Waals surface area contributed by atoms with Gasteiger partial charge in [-0.3, -0.25) is 4.79 Å². The number of carbonyl (C=O) groups excluding carboxylic acids is 1. The van der Waals surface area contributed by atoms with E-state index in [0.717, 1.165) is 11.1 Å². The van der Waals surface area contributed by atoms with E-state index in [1.807, 2.05) is 37.3 Å². The molecular formula is C20H21N3O4S. The highest BCUT2D eigenvalue weighted by Crippen LogP contribution is 2.16. The zero-order valence-corrected chi connectivity index (χ0v) is 16.3. The molecule has 0 saturated heterocycles. The van der Waals surface area contributed by atoms with Crippen molar-refractivity contribution in [2.45, 2.75) is 37.0 Å². The van der Waals surface area contributed by atoms with Gasteiger partial charge in [-0.25, -0.2) is 8.42 Å². The number of hydrogen-bond acceptors (Lipinski definition) is 6. The molecule has 3 rings (SSSR count). The molecule has 0 radical (unpaired) electrons. The Labute approximate surface area is 163 Å². The maximum Gasteiger partial charge on any atom is 0.227 e. The molecule has 7 nitrogen and oxygen atoms in total. The van der Waals surface area contributed by atoms with Gasteiger partial charge < -0.3 is 9.84 Å². The van der Waals surface area contributed by atoms with Gasteiger partial charge in [0.05, 0.1) is 4.90 Å². The van der Waals surface area contributed by atoms with E-state index in [-0.39, 0.29) is 41.1 Å². The van der Waals surface area contributed by atoms with Crippen molar-refractivity contribution in [2.75, 3.05) is 0 Å². The lowest BCUT2D eigenvalue weighted by Crippen LogP contribution is -2.23. The van der Waals surface area contributed by atoms with Crippen LogP contribution in [0, 0.1) is 6.92 Å². The predicted molar refractivity (Wildman–Crippen MR) is 103 cm³/mol. The van der Waals surface area contributed by atoms with Crippen LogP contribution in [0.4, 0.5) is 0 Å². The SMILES string of the molecule is Cc1ccc(S(=O)(=O)Cc2noc(CCC(=O)NCc3ccccc3)n2)cc1. The molecular weight excluding hydrogens is 378 g/mol. The molecule has 2 aromatic carbocycles. The Morgan fingerprint density at radius 1 is 1.07 bits per heavy atom. The summed E-state index contributed by atoms with van der Waals surface area (Å²) in [7, 11) is -3.55. The zero-order chi connectivity index (χ0) is 20.0. The average Bonchev–Trinajstić information content (AvgIpc) is 3.12. The summed E-state index contributed by atoms with van der Waals surface area (Å²) in [4.78, 5) is 16.2. The van der Waals surface area contributed by atoms with E-state index in [9.17, 15) is 13.2 Å². The quantitative estimate of drug-likeness (QED) is 0.625. The summed E-state index contributed by atoms with van der Waals surface area (Å²) in [5.41, 5.74) is 1.99. The second-order valence-corrected chi connectivity index (χ2v) is 8.43. The summed E-state index contributed by atoms with van der Waals surface area (Å²) in [6, 6.07) is 16.2. The molecule has 0 atom stereocenters. The van der Waals surface area contributed by atoms with Gasteiger partial charge in [-0.1, -0.05) is 53.2 Å². The molecule has 146 valence electrons. The van der Waals surface area contributed by atoms with Crippen LogP contribution in [0.5, 0.6) is 0 Å². The highest BCUT2D eigenvalue weighted by molar-refractivity contribution is 7.90. The van der Waals surface area contributed by atoms with E-state index in [4.69, 9.17) is 4.52 Å². The molecule has 0 aliphatic heterocycles. The van der Waals surface area contributed by atoms with Crippen LogP contribution in [0.15, 0.2) is 64.0 Å². The van der Waals surface area contributed by atoms with Crippen LogP contribution in [-0.2, 0) is 33.4 Å². The largest absolute Gasteiger partial charge is 0.352 e. The molecule has 0 unspecified atom stereocenters. The van der Waals surface area contributed by atoms with Crippen molar-refractivity contribution in [1.82, 2.24) is 15.5 Å². The lowest BCUT2D eigenvalue weighted by molar-refractivity contribution is -0.121. The molecule has 0 bridgehead atoms. The van der Waals surface area contributed by atoms with Crippen molar-refractivity contribution in [2.24, 2.45) is 0 Å². The predicted octanol–water partition coefficient (Wildman–Crippen LogP) is 2.60. The van der Waals surface area contributed by atoms with Gasteiger partial charge in [0.15, 0.2) is 15.7 Å². The number of nitrogens with zero attached hydrogens (tertiary/aromatic N) is 2. The number of aromatic nitrogens is 2. The Balaban J connectivity index is 1.51. The number of rotatable bonds is 8. The minimum Gasteiger partial charge on any atom is -0.352 e. The first-order valence-corrected chi connectivity index (χ1v) is 10.5. The number of nitrogens with one attached hydrogen (secondary N) is 1. The molecule has 1 aromatic heterocycles. The monoisotopic (exact) mass is 399 g/mol. The summed E-state index contributed by atoms with van der Waals surface area (Å²) in [5.74, 6) is -0.167. The summed E-state index contributed by atoms with van der Waals surface area (Å²) < 4.78 is 29.9. The fourth-order valence-electron chi connectivity index (χ4n) is 2.55. The Kier molecular flexibility index (Phi) is 6.20. The highest BCUT2D eigenvalue weighted by atomic mass is 32.2. The summed E-state index contributed by atoms with van der Waals surface area (Å²) >= 11 is 0. The van der Waals surface area contributed by atoms with Gasteiger partial charge >= 0.3 is 0 Å². The molecule has 1 amide bonds. The van der Waals surface area contributed by atoms with Crippen LogP contribution in [-0.4, -0.2) is 24.5 Å². The Bertz CT molecular complexity index is 1030. The normalized spacial score (nSPS) is 11.3. The highest BCUT2D eigenvalue weighted by Gasteiger charge is 2.19. The summed E-state index contributed by atoms with van der Waals surface area (Å²) in [5, 5.41) is 6.53. The van der Waals surface area contributed by atoms with Crippen molar-refractivity contribution >= 4 is 15.7 Å². The van der Waals surface area contributed by atoms with Crippen LogP contribution in [0.25, 0.3) is 0 Å². The van der Waals surface area contributed by atoms with Gasteiger partial charge in [0.25, 0.3) is 0 Å². The molecule has 0 fully saturated rings. The van der Waals surface area contributed by atoms with Gasteiger partial charge in [-0.15, -0.1) is 0 Å². The lowest BCUT2D eigenvalue weighted by atomic mass is 10.2. The molecule has 3 aromatic rings. The van der Waals surface area contributed by atoms with Gasteiger partial charge in [0.2, 0.25) is 11.8 Å². The Morgan fingerprint density at radius 2 is 1.79 bits per heavy atom. The molecule has 1 heterocycles. The first-order valence-electron chi connectivity index (χ1n) is 8.84. The van der Waals surface area contributed by atoms with E-state index in [1.54, 1.807) is 24.3 Å². The number of benzene rings is 2. The number of amides is 1. The van der Waals surface area contributed by atoms with Crippen molar-refractivity contribution in [3.05, 3.63) is 77.4 Å². The first-order chi connectivity index (χ1) is 13.4. The van der Waals surface area contributed by atoms with Crippen LogP contribution < -0.4 is 5.32 Å². The van der Waals surface area contributed by atoms with E-state index in [2.05, 4.69) is 15.5 Å². The van der Waals surface area contributed by atoms with E-state index >= 15 is 0 Å². The molecule has 0 aliphatic rings. The third-order valence-electron chi connectivity index (χ3n) is 4.11. The summed E-state index contributed by atoms with van der Waals surface area (Å²) in [6.07, 6.45) is 0.428. The maximum atomic E-state index is 12.4. The molecule has 28 heavy (non-hydrogen) atoms. The average molecular weight is 399 g/mol. The third-order valence-corrected chi connectivity index (χ3v) is 5.74. The summed E-state index contributed by atoms with van der Waals surface area (Å²) in [6.45, 7) is 2.33. The van der Waals surface area contributed by atoms with Crippen LogP contribution >= 0.6 is 0 Å². The maximum absolute atomic E-state index is 12.4. The van der Waals surface area contributed by atoms with Gasteiger partial charge in [0, 0.05) is 19.4 Å². The van der Waals surface area contributed by atoms with E-state index in [0.29, 0.717) is 6.54 Å². The molecule has 1 N–H and O–H groups in total. The molecule has 0 aliphatic carbocycles. The van der Waals surface area contributed by atoms with E-state index in [1.165, 1.54) is 0 Å². The lowest BCUT2D eigenvalue weighted by Gasteiger charge is -2.03. The fraction of sp³-hybridized carbons (Fsp3) is 0.250. The molecule has 0 saturated carbocycles. The fourth-order valence-corrected chi connectivity index (χ4v) is 3.73. The van der Waals surface area contributed by atoms with Crippen molar-refractivity contribution < 1.29 is 17.7 Å². The second-order valence-electron chi connectivity index (χ2n) is 6.44. The van der Waals surface area contributed by atoms with Crippen LogP contribution in [0.3, 0.4) is 0 Å². The van der Waals surface area contributed by atoms with Gasteiger partial charge in [-0.2, -0.15) is 4.98 Å². The van der Waals surface area contributed by atoms with E-state index < -0.39 is 9.84 Å². The number of aryl methyl sites for hydroxylation is 2. The third kappa shape index (κ3) is 5.50. The van der Waals surface area contributed by atoms with Gasteiger partial charge in [-0.05, 0) is 24.6 Å². The Morgan fingerprint density at radius 3 is 2.50 bits per heavy atom. The first kappa shape index (κ1) is 19.8. The van der Waals surface area contributed by atoms with Crippen molar-refractivity contribution in [3.63, 3.8) is 0 Å². The minimum absolute atomic E-state index is 0.0836. The minimum atomic E-state index is -3.55. The Hall–Kier alpha value is -3.00. The number of hydrogen-bond donors (Lipinski definition) is 1. The second kappa shape index (κ2) is 8.79. The standard InChI is InChI=1S/C20H21N3O4S/c1-15-7-9-17(10-8-15)28(25,26)14-18-22-20(27-23-18)12-11-19(24)21-13-16-5-3-2-4-6-16/h2-10H,11-14H2,1H3,(H,21,24). The van der Waals surface area contributed by atoms with Crippen molar-refractivity contribution in [1.29, 1.82) is 0 Å². The number of carbonyl (C=O) groups is 1. The topological polar surface area (TPSA) is 102 Å². The zero-order valence-electron chi connectivity index (χ0n) is 15.5. The van der Waals surface area contributed by atoms with Crippen molar-refractivity contribution in [3.8, 4) is 0 Å². The molecule has 8 heteroatoms. The van der Waals surface area contributed by atoms with Gasteiger partial charge in [0.1, 0.15) is 5.75 Å². The van der Waals surface area contributed by atoms with Crippen LogP contribution in [0.2, 0.25) is 0 Å². The smallest absolute Gasteiger partial charge is 0.227 e. The van der Waals surface area contributed by atoms with Crippen LogP contribution in [0.1, 0.15) is 29.3 Å².